The highest BCUT2D eigenvalue weighted by Gasteiger charge is 2.17. The van der Waals surface area contributed by atoms with Crippen molar-refractivity contribution in [2.45, 2.75) is 13.0 Å². The Labute approximate surface area is 100 Å². The summed E-state index contributed by atoms with van der Waals surface area (Å²) in [6.07, 6.45) is 2.60. The van der Waals surface area contributed by atoms with Gasteiger partial charge in [0.2, 0.25) is 5.76 Å². The predicted octanol–water partition coefficient (Wildman–Crippen LogP) is 1.19. The molecule has 1 fully saturated rings. The quantitative estimate of drug-likeness (QED) is 0.782. The molecule has 94 valence electrons. The van der Waals surface area contributed by atoms with E-state index in [0.717, 1.165) is 31.7 Å². The van der Waals surface area contributed by atoms with E-state index in [2.05, 4.69) is 10.1 Å². The number of ether oxygens (including phenoxy) is 2. The van der Waals surface area contributed by atoms with E-state index in [4.69, 9.17) is 9.15 Å². The molecule has 1 N–H and O–H groups in total. The van der Waals surface area contributed by atoms with Gasteiger partial charge in [-0.15, -0.1) is 0 Å². The molecule has 1 aliphatic rings. The van der Waals surface area contributed by atoms with E-state index in [1.165, 1.54) is 13.4 Å². The smallest absolute Gasteiger partial charge is 0.374 e. The van der Waals surface area contributed by atoms with Crippen LogP contribution in [0.1, 0.15) is 22.5 Å². The molecule has 17 heavy (non-hydrogen) atoms. The van der Waals surface area contributed by atoms with E-state index in [9.17, 15) is 4.79 Å². The number of hydrogen-bond acceptors (Lipinski definition) is 5. The van der Waals surface area contributed by atoms with Crippen molar-refractivity contribution in [3.8, 4) is 0 Å². The summed E-state index contributed by atoms with van der Waals surface area (Å²) in [6, 6.07) is 1.78. The molecule has 1 aromatic rings. The number of esters is 1. The summed E-state index contributed by atoms with van der Waals surface area (Å²) in [5.74, 6) is 0.419. The van der Waals surface area contributed by atoms with Crippen LogP contribution in [0, 0.1) is 5.92 Å². The van der Waals surface area contributed by atoms with Crippen molar-refractivity contribution in [1.29, 1.82) is 0 Å². The highest BCUT2D eigenvalue weighted by atomic mass is 16.5. The molecule has 2 rings (SSSR count). The summed E-state index contributed by atoms with van der Waals surface area (Å²) in [4.78, 5) is 11.4. The second kappa shape index (κ2) is 5.84. The topological polar surface area (TPSA) is 60.7 Å². The minimum atomic E-state index is -0.434. The van der Waals surface area contributed by atoms with E-state index in [0.29, 0.717) is 12.5 Å². The largest absolute Gasteiger partial charge is 0.463 e. The SMILES string of the molecule is COC(=O)c1occc1CNCC1CCOC1. The van der Waals surface area contributed by atoms with Gasteiger partial charge in [-0.25, -0.2) is 4.79 Å². The van der Waals surface area contributed by atoms with Crippen LogP contribution in [0.5, 0.6) is 0 Å². The summed E-state index contributed by atoms with van der Waals surface area (Å²) in [5.41, 5.74) is 0.829. The molecular formula is C12H17NO4. The first-order chi connectivity index (χ1) is 8.31. The van der Waals surface area contributed by atoms with Crippen molar-refractivity contribution in [2.24, 2.45) is 5.92 Å². The number of carbonyl (C=O) groups excluding carboxylic acids is 1. The molecule has 1 atom stereocenters. The molecule has 0 amide bonds. The number of methoxy groups -OCH3 is 1. The molecule has 0 bridgehead atoms. The Kier molecular flexibility index (Phi) is 4.17. The highest BCUT2D eigenvalue weighted by molar-refractivity contribution is 5.87. The lowest BCUT2D eigenvalue weighted by Gasteiger charge is -2.08. The van der Waals surface area contributed by atoms with Gasteiger partial charge in [0.05, 0.1) is 20.0 Å². The van der Waals surface area contributed by atoms with Crippen molar-refractivity contribution in [3.63, 3.8) is 0 Å². The third-order valence-corrected chi connectivity index (χ3v) is 2.89. The molecule has 5 heteroatoms. The first-order valence-corrected chi connectivity index (χ1v) is 5.74. The van der Waals surface area contributed by atoms with Crippen LogP contribution in [0.4, 0.5) is 0 Å². The fourth-order valence-corrected chi connectivity index (χ4v) is 1.90. The Balaban J connectivity index is 1.82. The van der Waals surface area contributed by atoms with Crippen LogP contribution >= 0.6 is 0 Å². The van der Waals surface area contributed by atoms with Gasteiger partial charge >= 0.3 is 5.97 Å². The summed E-state index contributed by atoms with van der Waals surface area (Å²) in [5, 5.41) is 3.30. The van der Waals surface area contributed by atoms with E-state index < -0.39 is 5.97 Å². The molecule has 0 aromatic carbocycles. The van der Waals surface area contributed by atoms with Crippen LogP contribution in [0.15, 0.2) is 16.7 Å². The first-order valence-electron chi connectivity index (χ1n) is 5.74. The maximum Gasteiger partial charge on any atom is 0.374 e. The summed E-state index contributed by atoms with van der Waals surface area (Å²) >= 11 is 0. The molecule has 0 radical (unpaired) electrons. The van der Waals surface area contributed by atoms with Crippen molar-refractivity contribution in [2.75, 3.05) is 26.9 Å². The average Bonchev–Trinajstić information content (AvgIpc) is 2.99. The van der Waals surface area contributed by atoms with Crippen LogP contribution < -0.4 is 5.32 Å². The van der Waals surface area contributed by atoms with Gasteiger partial charge in [-0.2, -0.15) is 0 Å². The Morgan fingerprint density at radius 3 is 3.24 bits per heavy atom. The average molecular weight is 239 g/mol. The number of carbonyl (C=O) groups is 1. The van der Waals surface area contributed by atoms with Gasteiger partial charge in [0.15, 0.2) is 0 Å². The zero-order valence-electron chi connectivity index (χ0n) is 9.90. The van der Waals surface area contributed by atoms with Crippen molar-refractivity contribution >= 4 is 5.97 Å². The molecule has 5 nitrogen and oxygen atoms in total. The second-order valence-corrected chi connectivity index (χ2v) is 4.13. The normalized spacial score (nSPS) is 19.5. The maximum atomic E-state index is 11.4. The Bertz CT molecular complexity index is 368. The standard InChI is InChI=1S/C12H17NO4/c1-15-12(14)11-10(3-5-17-11)7-13-6-9-2-4-16-8-9/h3,5,9,13H,2,4,6-8H2,1H3. The Morgan fingerprint density at radius 1 is 1.65 bits per heavy atom. The van der Waals surface area contributed by atoms with Gasteiger partial charge in [-0.1, -0.05) is 0 Å². The number of rotatable bonds is 5. The highest BCUT2D eigenvalue weighted by Crippen LogP contribution is 2.13. The van der Waals surface area contributed by atoms with Gasteiger partial charge in [0, 0.05) is 25.3 Å². The van der Waals surface area contributed by atoms with Crippen LogP contribution in [0.25, 0.3) is 0 Å². The van der Waals surface area contributed by atoms with Crippen LogP contribution in [-0.2, 0) is 16.0 Å². The van der Waals surface area contributed by atoms with Gasteiger partial charge in [-0.3, -0.25) is 0 Å². The lowest BCUT2D eigenvalue weighted by Crippen LogP contribution is -2.23. The fraction of sp³-hybridized carbons (Fsp3) is 0.583. The summed E-state index contributed by atoms with van der Waals surface area (Å²) in [7, 11) is 1.35. The number of nitrogens with one attached hydrogen (secondary N) is 1. The van der Waals surface area contributed by atoms with Crippen molar-refractivity contribution in [1.82, 2.24) is 5.32 Å². The lowest BCUT2D eigenvalue weighted by molar-refractivity contribution is 0.0563. The first kappa shape index (κ1) is 12.1. The third kappa shape index (κ3) is 3.08. The molecular weight excluding hydrogens is 222 g/mol. The predicted molar refractivity (Wildman–Crippen MR) is 60.7 cm³/mol. The minimum absolute atomic E-state index is 0.280. The van der Waals surface area contributed by atoms with Crippen LogP contribution in [0.3, 0.4) is 0 Å². The molecule has 1 unspecified atom stereocenters. The molecule has 1 aliphatic heterocycles. The molecule has 1 saturated heterocycles. The minimum Gasteiger partial charge on any atom is -0.463 e. The number of hydrogen-bond donors (Lipinski definition) is 1. The van der Waals surface area contributed by atoms with E-state index >= 15 is 0 Å². The zero-order valence-corrected chi connectivity index (χ0v) is 9.90. The van der Waals surface area contributed by atoms with Gasteiger partial charge in [0.1, 0.15) is 0 Å². The van der Waals surface area contributed by atoms with Gasteiger partial charge in [0.25, 0.3) is 0 Å². The molecule has 0 spiro atoms. The maximum absolute atomic E-state index is 11.4. The lowest BCUT2D eigenvalue weighted by atomic mass is 10.1. The summed E-state index contributed by atoms with van der Waals surface area (Å²) < 4.78 is 15.0. The van der Waals surface area contributed by atoms with E-state index in [1.54, 1.807) is 6.07 Å². The van der Waals surface area contributed by atoms with E-state index in [-0.39, 0.29) is 5.76 Å². The van der Waals surface area contributed by atoms with Crippen molar-refractivity contribution in [3.05, 3.63) is 23.7 Å². The summed E-state index contributed by atoms with van der Waals surface area (Å²) in [6.45, 7) is 3.18. The Morgan fingerprint density at radius 2 is 2.53 bits per heavy atom. The van der Waals surface area contributed by atoms with Crippen molar-refractivity contribution < 1.29 is 18.7 Å². The van der Waals surface area contributed by atoms with Gasteiger partial charge in [-0.05, 0) is 18.4 Å². The monoisotopic (exact) mass is 239 g/mol. The number of furan rings is 1. The second-order valence-electron chi connectivity index (χ2n) is 4.13. The van der Waals surface area contributed by atoms with Crippen LogP contribution in [-0.4, -0.2) is 32.8 Å². The third-order valence-electron chi connectivity index (χ3n) is 2.89. The van der Waals surface area contributed by atoms with E-state index in [1.807, 2.05) is 0 Å². The fourth-order valence-electron chi connectivity index (χ4n) is 1.90. The zero-order chi connectivity index (χ0) is 12.1. The molecule has 0 saturated carbocycles. The molecule has 2 heterocycles. The van der Waals surface area contributed by atoms with Gasteiger partial charge < -0.3 is 19.2 Å². The molecule has 0 aliphatic carbocycles. The Hall–Kier alpha value is -1.33. The molecule has 1 aromatic heterocycles. The van der Waals surface area contributed by atoms with Crippen LogP contribution in [0.2, 0.25) is 0 Å².